The van der Waals surface area contributed by atoms with E-state index in [1.165, 1.54) is 6.08 Å². The number of carbonyl (C=O) groups excluding carboxylic acids is 2. The van der Waals surface area contributed by atoms with Crippen molar-refractivity contribution in [2.75, 3.05) is 0 Å². The van der Waals surface area contributed by atoms with E-state index in [-0.39, 0.29) is 36.9 Å². The van der Waals surface area contributed by atoms with Gasteiger partial charge in [-0.25, -0.2) is 0 Å². The zero-order valence-electron chi connectivity index (χ0n) is 15.5. The Morgan fingerprint density at radius 3 is 2.42 bits per heavy atom. The molecule has 148 valence electrons. The molecule has 0 aromatic carbocycles. The zero-order chi connectivity index (χ0) is 19.6. The van der Waals surface area contributed by atoms with Gasteiger partial charge >= 0.3 is 11.9 Å². The molecule has 0 aromatic rings. The minimum atomic E-state index is -3.26. The van der Waals surface area contributed by atoms with Gasteiger partial charge in [-0.3, -0.25) is 14.4 Å². The summed E-state index contributed by atoms with van der Waals surface area (Å²) in [7, 11) is 0. The standard InChI is InChI=1S/C20H30F2O4/c1-2-3-14-20(21,22)18(24)13-11-15-10-12-17(23)16(15)8-6-4-5-7-9-19(25)26/h10,12,15-16H,2-9,11,13-14H2,1H3,(H,25,26)/t15-,16-/m1/s1. The summed E-state index contributed by atoms with van der Waals surface area (Å²) in [4.78, 5) is 34.2. The van der Waals surface area contributed by atoms with Crippen molar-refractivity contribution in [1.29, 1.82) is 0 Å². The van der Waals surface area contributed by atoms with Crippen molar-refractivity contribution >= 4 is 17.5 Å². The number of allylic oxidation sites excluding steroid dienone is 2. The molecule has 0 spiro atoms. The lowest BCUT2D eigenvalue weighted by Crippen LogP contribution is -2.29. The van der Waals surface area contributed by atoms with Gasteiger partial charge < -0.3 is 5.11 Å². The Bertz CT molecular complexity index is 514. The van der Waals surface area contributed by atoms with Gasteiger partial charge in [-0.1, -0.05) is 38.7 Å². The number of alkyl halides is 2. The Morgan fingerprint density at radius 1 is 1.08 bits per heavy atom. The van der Waals surface area contributed by atoms with E-state index in [0.29, 0.717) is 25.7 Å². The number of carboxylic acids is 1. The van der Waals surface area contributed by atoms with E-state index >= 15 is 0 Å². The smallest absolute Gasteiger partial charge is 0.305 e. The molecule has 0 aliphatic heterocycles. The Morgan fingerprint density at radius 2 is 1.77 bits per heavy atom. The lowest BCUT2D eigenvalue weighted by molar-refractivity contribution is -0.144. The maximum atomic E-state index is 13.8. The summed E-state index contributed by atoms with van der Waals surface area (Å²) < 4.78 is 27.5. The van der Waals surface area contributed by atoms with Gasteiger partial charge in [0.2, 0.25) is 5.78 Å². The largest absolute Gasteiger partial charge is 0.481 e. The van der Waals surface area contributed by atoms with Crippen LogP contribution in [-0.4, -0.2) is 28.6 Å². The van der Waals surface area contributed by atoms with Crippen LogP contribution in [0.2, 0.25) is 0 Å². The summed E-state index contributed by atoms with van der Waals surface area (Å²) in [5.41, 5.74) is 0. The first-order valence-electron chi connectivity index (χ1n) is 9.63. The Labute approximate surface area is 154 Å². The van der Waals surface area contributed by atoms with E-state index < -0.39 is 24.1 Å². The molecule has 0 bridgehead atoms. The number of Topliss-reactive ketones (excluding diaryl/α,β-unsaturated/α-hetero) is 1. The third kappa shape index (κ3) is 7.75. The summed E-state index contributed by atoms with van der Waals surface area (Å²) in [5, 5.41) is 8.59. The van der Waals surface area contributed by atoms with E-state index in [4.69, 9.17) is 5.11 Å². The lowest BCUT2D eigenvalue weighted by Gasteiger charge is -2.19. The fourth-order valence-corrected chi connectivity index (χ4v) is 3.35. The molecule has 0 saturated heterocycles. The monoisotopic (exact) mass is 372 g/mol. The first-order valence-corrected chi connectivity index (χ1v) is 9.63. The molecule has 1 aliphatic rings. The summed E-state index contributed by atoms with van der Waals surface area (Å²) in [6.07, 6.45) is 7.75. The van der Waals surface area contributed by atoms with Gasteiger partial charge in [0.05, 0.1) is 0 Å². The average Bonchev–Trinajstić information content (AvgIpc) is 2.93. The van der Waals surface area contributed by atoms with E-state index in [2.05, 4.69) is 0 Å². The van der Waals surface area contributed by atoms with Crippen molar-refractivity contribution in [3.63, 3.8) is 0 Å². The van der Waals surface area contributed by atoms with Gasteiger partial charge in [-0.05, 0) is 37.7 Å². The van der Waals surface area contributed by atoms with Crippen molar-refractivity contribution < 1.29 is 28.3 Å². The highest BCUT2D eigenvalue weighted by Crippen LogP contribution is 2.33. The molecule has 2 atom stereocenters. The predicted octanol–water partition coefficient (Wildman–Crippen LogP) is 4.96. The Balaban J connectivity index is 2.36. The highest BCUT2D eigenvalue weighted by atomic mass is 19.3. The molecule has 0 saturated carbocycles. The minimum absolute atomic E-state index is 0.00530. The van der Waals surface area contributed by atoms with Crippen LogP contribution in [0, 0.1) is 11.8 Å². The highest BCUT2D eigenvalue weighted by molar-refractivity contribution is 5.94. The third-order valence-corrected chi connectivity index (χ3v) is 5.00. The van der Waals surface area contributed by atoms with Crippen molar-refractivity contribution in [3.8, 4) is 0 Å². The number of halogens is 2. The van der Waals surface area contributed by atoms with Crippen LogP contribution in [0.4, 0.5) is 8.78 Å². The average molecular weight is 372 g/mol. The summed E-state index contributed by atoms with van der Waals surface area (Å²) >= 11 is 0. The molecule has 0 unspecified atom stereocenters. The Kier molecular flexibility index (Phi) is 9.66. The second kappa shape index (κ2) is 11.2. The fraction of sp³-hybridized carbons (Fsp3) is 0.750. The van der Waals surface area contributed by atoms with E-state index in [0.717, 1.165) is 19.3 Å². The SMILES string of the molecule is CCCCC(F)(F)C(=O)CC[C@H]1C=CC(=O)[C@@H]1CCCCCCC(=O)O. The van der Waals surface area contributed by atoms with Gasteiger partial charge in [-0.15, -0.1) is 0 Å². The van der Waals surface area contributed by atoms with Crippen LogP contribution in [0.3, 0.4) is 0 Å². The second-order valence-electron chi connectivity index (χ2n) is 7.15. The first kappa shape index (κ1) is 22.5. The van der Waals surface area contributed by atoms with Gasteiger partial charge in [0.15, 0.2) is 5.78 Å². The molecular weight excluding hydrogens is 342 g/mol. The number of rotatable bonds is 14. The number of aliphatic carboxylic acids is 1. The molecule has 0 heterocycles. The quantitative estimate of drug-likeness (QED) is 0.438. The van der Waals surface area contributed by atoms with Gasteiger partial charge in [0.25, 0.3) is 0 Å². The van der Waals surface area contributed by atoms with Crippen LogP contribution in [0.15, 0.2) is 12.2 Å². The van der Waals surface area contributed by atoms with Crippen molar-refractivity contribution in [3.05, 3.63) is 12.2 Å². The fourth-order valence-electron chi connectivity index (χ4n) is 3.35. The van der Waals surface area contributed by atoms with Gasteiger partial charge in [0, 0.05) is 25.2 Å². The molecule has 4 nitrogen and oxygen atoms in total. The second-order valence-corrected chi connectivity index (χ2v) is 7.15. The molecule has 1 aliphatic carbocycles. The Hall–Kier alpha value is -1.59. The summed E-state index contributed by atoms with van der Waals surface area (Å²) in [6, 6.07) is 0. The topological polar surface area (TPSA) is 71.4 Å². The van der Waals surface area contributed by atoms with Gasteiger partial charge in [-0.2, -0.15) is 8.78 Å². The molecule has 6 heteroatoms. The van der Waals surface area contributed by atoms with Crippen molar-refractivity contribution in [2.45, 2.75) is 83.5 Å². The molecule has 1 N–H and O–H groups in total. The molecule has 0 fully saturated rings. The number of ketones is 2. The van der Waals surface area contributed by atoms with Crippen LogP contribution >= 0.6 is 0 Å². The van der Waals surface area contributed by atoms with E-state index in [1.807, 2.05) is 6.92 Å². The zero-order valence-corrected chi connectivity index (χ0v) is 15.5. The summed E-state index contributed by atoms with van der Waals surface area (Å²) in [6.45, 7) is 1.81. The van der Waals surface area contributed by atoms with Crippen LogP contribution in [0.25, 0.3) is 0 Å². The molecule has 0 amide bonds. The van der Waals surface area contributed by atoms with Crippen molar-refractivity contribution in [2.24, 2.45) is 11.8 Å². The molecule has 26 heavy (non-hydrogen) atoms. The highest BCUT2D eigenvalue weighted by Gasteiger charge is 2.38. The normalized spacial score (nSPS) is 19.9. The van der Waals surface area contributed by atoms with Crippen LogP contribution < -0.4 is 0 Å². The van der Waals surface area contributed by atoms with E-state index in [9.17, 15) is 23.2 Å². The molecule has 0 aromatic heterocycles. The minimum Gasteiger partial charge on any atom is -0.481 e. The molecular formula is C20H30F2O4. The molecule has 1 rings (SSSR count). The van der Waals surface area contributed by atoms with Gasteiger partial charge in [0.1, 0.15) is 0 Å². The number of carboxylic acid groups (broad SMARTS) is 1. The summed E-state index contributed by atoms with van der Waals surface area (Å²) in [5.74, 6) is -5.46. The molecule has 0 radical (unpaired) electrons. The van der Waals surface area contributed by atoms with Crippen LogP contribution in [-0.2, 0) is 14.4 Å². The third-order valence-electron chi connectivity index (χ3n) is 5.00. The first-order chi connectivity index (χ1) is 12.3. The maximum Gasteiger partial charge on any atom is 0.305 e. The lowest BCUT2D eigenvalue weighted by atomic mass is 9.85. The van der Waals surface area contributed by atoms with Crippen LogP contribution in [0.5, 0.6) is 0 Å². The maximum absolute atomic E-state index is 13.8. The predicted molar refractivity (Wildman–Crippen MR) is 95.2 cm³/mol. The number of hydrogen-bond acceptors (Lipinski definition) is 3. The van der Waals surface area contributed by atoms with Crippen molar-refractivity contribution in [1.82, 2.24) is 0 Å². The number of carbonyl (C=O) groups is 3. The number of unbranched alkanes of at least 4 members (excludes halogenated alkanes) is 4. The number of hydrogen-bond donors (Lipinski definition) is 1. The van der Waals surface area contributed by atoms with Crippen LogP contribution in [0.1, 0.15) is 77.6 Å². The van der Waals surface area contributed by atoms with E-state index in [1.54, 1.807) is 6.08 Å².